The zero-order valence-electron chi connectivity index (χ0n) is 32.6. The van der Waals surface area contributed by atoms with Crippen LogP contribution in [0.4, 0.5) is 0 Å². The number of aliphatic hydroxyl groups excluding tert-OH is 2. The maximum absolute atomic E-state index is 13.9. The van der Waals surface area contributed by atoms with Crippen molar-refractivity contribution in [3.8, 4) is 0 Å². The molecule has 2 heterocycles. The summed E-state index contributed by atoms with van der Waals surface area (Å²) in [5.41, 5.74) is -3.18. The molecule has 0 unspecified atom stereocenters. The van der Waals surface area contributed by atoms with Crippen LogP contribution in [0.3, 0.4) is 0 Å². The van der Waals surface area contributed by atoms with Gasteiger partial charge >= 0.3 is 5.97 Å². The molecule has 1 amide bonds. The smallest absolute Gasteiger partial charge is 0.311 e. The first kappa shape index (κ1) is 44.5. The summed E-state index contributed by atoms with van der Waals surface area (Å²) in [4.78, 5) is 42.6. The number of nitrogens with one attached hydrogen (secondary N) is 1. The Morgan fingerprint density at radius 2 is 1.68 bits per heavy atom. The lowest BCUT2D eigenvalue weighted by atomic mass is 9.74. The highest BCUT2D eigenvalue weighted by Crippen LogP contribution is 2.40. The summed E-state index contributed by atoms with van der Waals surface area (Å²) in [6.45, 7) is 15.7. The number of Topliss-reactive ketones (excluding diaryl/α,β-unsaturated/α-hetero) is 1. The number of rotatable bonds is 12. The predicted molar refractivity (Wildman–Crippen MR) is 188 cm³/mol. The van der Waals surface area contributed by atoms with Crippen LogP contribution in [0.25, 0.3) is 0 Å². The Bertz CT molecular complexity index is 1090. The molecule has 14 atom stereocenters. The van der Waals surface area contributed by atoms with Gasteiger partial charge in [0.25, 0.3) is 0 Å². The van der Waals surface area contributed by atoms with Crippen LogP contribution >= 0.6 is 0 Å². The van der Waals surface area contributed by atoms with Crippen molar-refractivity contribution in [1.82, 2.24) is 10.2 Å². The topological polar surface area (TPSA) is 173 Å². The summed E-state index contributed by atoms with van der Waals surface area (Å²) >= 11 is 0. The second-order valence-corrected chi connectivity index (χ2v) is 15.4. The number of aliphatic hydroxyl groups is 3. The monoisotopic (exact) mass is 716 g/mol. The molecule has 2 fully saturated rings. The summed E-state index contributed by atoms with van der Waals surface area (Å²) in [5.74, 6) is -4.76. The number of carbonyl (C=O) groups is 3. The van der Waals surface area contributed by atoms with Gasteiger partial charge in [-0.2, -0.15) is 0 Å². The average molecular weight is 717 g/mol. The highest BCUT2D eigenvalue weighted by molar-refractivity contribution is 5.83. The molecule has 0 radical (unpaired) electrons. The summed E-state index contributed by atoms with van der Waals surface area (Å²) < 4.78 is 31.3. The number of nitrogens with zero attached hydrogens (tertiary/aromatic N) is 1. The number of carbonyl (C=O) groups excluding carboxylic acids is 3. The lowest BCUT2D eigenvalue weighted by Crippen LogP contribution is -2.60. The molecule has 0 aromatic rings. The van der Waals surface area contributed by atoms with Gasteiger partial charge in [-0.25, -0.2) is 0 Å². The molecule has 2 aliphatic heterocycles. The van der Waals surface area contributed by atoms with Crippen LogP contribution in [0.2, 0.25) is 0 Å². The molecule has 0 aromatic heterocycles. The minimum Gasteiger partial charge on any atom is -0.459 e. The second-order valence-electron chi connectivity index (χ2n) is 15.4. The molecule has 0 spiro atoms. The average Bonchev–Trinajstić information content (AvgIpc) is 3.06. The van der Waals surface area contributed by atoms with Gasteiger partial charge in [0.2, 0.25) is 5.91 Å². The number of hydrogen-bond donors (Lipinski definition) is 4. The van der Waals surface area contributed by atoms with E-state index in [4.69, 9.17) is 23.7 Å². The van der Waals surface area contributed by atoms with Gasteiger partial charge in [0.15, 0.2) is 6.29 Å². The van der Waals surface area contributed by atoms with Gasteiger partial charge in [0.1, 0.15) is 30.2 Å². The van der Waals surface area contributed by atoms with Gasteiger partial charge < -0.3 is 49.2 Å². The molecule has 0 aromatic carbocycles. The van der Waals surface area contributed by atoms with E-state index in [-0.39, 0.29) is 43.3 Å². The zero-order chi connectivity index (χ0) is 38.1. The van der Waals surface area contributed by atoms with E-state index < -0.39 is 77.7 Å². The van der Waals surface area contributed by atoms with Crippen LogP contribution in [0.15, 0.2) is 0 Å². The van der Waals surface area contributed by atoms with E-state index in [1.807, 2.05) is 32.8 Å². The number of methoxy groups -OCH3 is 1. The first-order chi connectivity index (χ1) is 23.3. The number of ketones is 1. The van der Waals surface area contributed by atoms with Crippen molar-refractivity contribution in [3.63, 3.8) is 0 Å². The third-order valence-electron chi connectivity index (χ3n) is 11.0. The molecule has 2 rings (SSSR count). The van der Waals surface area contributed by atoms with Crippen molar-refractivity contribution in [2.45, 2.75) is 161 Å². The number of unbranched alkanes of at least 4 members (excludes halogenated alkanes) is 2. The van der Waals surface area contributed by atoms with Crippen molar-refractivity contribution >= 4 is 17.7 Å². The van der Waals surface area contributed by atoms with E-state index in [2.05, 4.69) is 12.2 Å². The Kier molecular flexibility index (Phi) is 17.2. The van der Waals surface area contributed by atoms with E-state index in [1.54, 1.807) is 34.6 Å². The van der Waals surface area contributed by atoms with Crippen molar-refractivity contribution in [3.05, 3.63) is 0 Å². The number of ether oxygens (including phenoxy) is 5. The number of amides is 1. The maximum Gasteiger partial charge on any atom is 0.311 e. The first-order valence-electron chi connectivity index (χ1n) is 18.5. The minimum absolute atomic E-state index is 0.118. The highest BCUT2D eigenvalue weighted by atomic mass is 16.7. The fourth-order valence-corrected chi connectivity index (χ4v) is 7.70. The van der Waals surface area contributed by atoms with Gasteiger partial charge in [-0.05, 0) is 67.5 Å². The van der Waals surface area contributed by atoms with Crippen molar-refractivity contribution < 1.29 is 53.4 Å². The summed E-state index contributed by atoms with van der Waals surface area (Å²) in [7, 11) is 5.25. The molecular formula is C37H68N2O11. The Morgan fingerprint density at radius 3 is 2.24 bits per heavy atom. The molecule has 0 saturated carbocycles. The van der Waals surface area contributed by atoms with Gasteiger partial charge in [-0.1, -0.05) is 47.5 Å². The summed E-state index contributed by atoms with van der Waals surface area (Å²) in [5, 5.41) is 37.2. The molecule has 0 bridgehead atoms. The number of hydrogen-bond acceptors (Lipinski definition) is 12. The van der Waals surface area contributed by atoms with Crippen LogP contribution in [-0.2, 0) is 38.1 Å². The van der Waals surface area contributed by atoms with E-state index in [1.165, 1.54) is 14.0 Å². The van der Waals surface area contributed by atoms with E-state index in [9.17, 15) is 29.7 Å². The van der Waals surface area contributed by atoms with Gasteiger partial charge in [-0.3, -0.25) is 14.4 Å². The van der Waals surface area contributed by atoms with Crippen LogP contribution in [0, 0.1) is 23.7 Å². The molecule has 13 heteroatoms. The Labute approximate surface area is 300 Å². The van der Waals surface area contributed by atoms with Gasteiger partial charge in [0.05, 0.1) is 35.9 Å². The largest absolute Gasteiger partial charge is 0.459 e. The molecule has 4 N–H and O–H groups in total. The fraction of sp³-hybridized carbons (Fsp3) is 0.919. The van der Waals surface area contributed by atoms with E-state index in [0.29, 0.717) is 13.0 Å². The van der Waals surface area contributed by atoms with Crippen LogP contribution in [-0.4, -0.2) is 132 Å². The van der Waals surface area contributed by atoms with Crippen LogP contribution in [0.5, 0.6) is 0 Å². The molecular weight excluding hydrogens is 648 g/mol. The van der Waals surface area contributed by atoms with E-state index >= 15 is 0 Å². The Balaban J connectivity index is 2.69. The first-order valence-corrected chi connectivity index (χ1v) is 18.5. The summed E-state index contributed by atoms with van der Waals surface area (Å²) in [6.07, 6.45) is -3.38. The number of esters is 1. The molecule has 292 valence electrons. The third-order valence-corrected chi connectivity index (χ3v) is 11.0. The molecule has 2 saturated heterocycles. The Morgan fingerprint density at radius 1 is 1.04 bits per heavy atom. The van der Waals surface area contributed by atoms with E-state index in [0.717, 1.165) is 19.3 Å². The molecule has 13 nitrogen and oxygen atoms in total. The maximum atomic E-state index is 13.9. The third kappa shape index (κ3) is 10.9. The molecule has 50 heavy (non-hydrogen) atoms. The second kappa shape index (κ2) is 19.4. The number of cyclic esters (lactones) is 1. The minimum atomic E-state index is -1.95. The Hall–Kier alpha value is -1.71. The zero-order valence-corrected chi connectivity index (χ0v) is 32.6. The van der Waals surface area contributed by atoms with Crippen LogP contribution < -0.4 is 5.32 Å². The lowest BCUT2D eigenvalue weighted by Gasteiger charge is -2.48. The molecule has 2 aliphatic rings. The fourth-order valence-electron chi connectivity index (χ4n) is 7.70. The lowest BCUT2D eigenvalue weighted by molar-refractivity contribution is -0.302. The highest BCUT2D eigenvalue weighted by Gasteiger charge is 2.52. The standard InChI is InChI=1S/C37H68N2O11/c1-13-15-16-17-38-28(40)20-47-31-24(6)33(50-35-30(42)26(39(10)11)18-22(4)48-35)36(8,46-12)19-21(3)29(41)23(5)32(43)37(9,45)27(14-2)49-34(44)25(31)7/h21-27,30-33,35,42-43,45H,13-20H2,1-12H3,(H,38,40)/t21-,22-,23+,24+,25-,26+,27-,30-,31+,32-,33-,35+,36+,37-/m1/s1. The predicted octanol–water partition coefficient (Wildman–Crippen LogP) is 2.85. The van der Waals surface area contributed by atoms with Crippen molar-refractivity contribution in [1.29, 1.82) is 0 Å². The number of likely N-dealkylation sites (N-methyl/N-ethyl adjacent to an activating group) is 1. The summed E-state index contributed by atoms with van der Waals surface area (Å²) in [6, 6.07) is -0.273. The van der Waals surface area contributed by atoms with Crippen LogP contribution in [0.1, 0.15) is 101 Å². The quantitative estimate of drug-likeness (QED) is 0.172. The van der Waals surface area contributed by atoms with Gasteiger partial charge in [0, 0.05) is 37.5 Å². The van der Waals surface area contributed by atoms with Gasteiger partial charge in [-0.15, -0.1) is 0 Å². The van der Waals surface area contributed by atoms with Crippen molar-refractivity contribution in [2.24, 2.45) is 23.7 Å². The normalized spacial score (nSPS) is 41.0. The SMILES string of the molecule is CCCCCNC(=O)CO[C@H]1[C@H](C)[C@@H](O[C@@H]2O[C@H](C)C[C@H](N(C)C)[C@H]2O)[C@@](C)(OC)C[C@@H](C)C(=O)[C@H](C)[C@@H](O)[C@](C)(O)[C@@H](CC)OC(=O)[C@@H]1C. The molecule has 0 aliphatic carbocycles. The van der Waals surface area contributed by atoms with Crippen molar-refractivity contribution in [2.75, 3.05) is 34.4 Å².